The number of allylic oxidation sites excluding steroid dienone is 6. The zero-order valence-corrected chi connectivity index (χ0v) is 17.0. The first-order valence-electron chi connectivity index (χ1n) is 10.2. The van der Waals surface area contributed by atoms with E-state index in [-0.39, 0.29) is 46.5 Å². The molecule has 0 radical (unpaired) electrons. The number of carbonyl (C=O) groups excluding carboxylic acids is 4. The number of nitrogens with zero attached hydrogens (tertiary/aromatic N) is 1. The molecule has 5 rings (SSSR count). The van der Waals surface area contributed by atoms with Crippen molar-refractivity contribution in [3.63, 3.8) is 0 Å². The topological polar surface area (TPSA) is 91.8 Å². The molecule has 1 aromatic rings. The zero-order valence-electron chi connectivity index (χ0n) is 17.0. The third kappa shape index (κ3) is 2.55. The number of fused-ring (bicyclic) bond motifs is 3. The maximum atomic E-state index is 14.2. The van der Waals surface area contributed by atoms with Crippen LogP contribution in [0.2, 0.25) is 0 Å². The molecule has 0 aromatic heterocycles. The Balaban J connectivity index is 1.75. The van der Waals surface area contributed by atoms with E-state index in [1.165, 1.54) is 25.3 Å². The molecule has 3 aliphatic carbocycles. The van der Waals surface area contributed by atoms with Crippen LogP contribution in [0.4, 0.5) is 4.39 Å². The number of rotatable bonds is 1. The van der Waals surface area contributed by atoms with E-state index in [1.807, 2.05) is 6.08 Å². The van der Waals surface area contributed by atoms with Crippen LogP contribution in [0.15, 0.2) is 52.6 Å². The van der Waals surface area contributed by atoms with Gasteiger partial charge in [0, 0.05) is 35.2 Å². The molecule has 6 nitrogen and oxygen atoms in total. The van der Waals surface area contributed by atoms with Gasteiger partial charge in [0.05, 0.1) is 11.8 Å². The summed E-state index contributed by atoms with van der Waals surface area (Å²) in [6.07, 6.45) is 3.59. The number of phenolic OH excluding ortho intramolecular Hbond substituents is 1. The van der Waals surface area contributed by atoms with Gasteiger partial charge in [-0.05, 0) is 37.8 Å². The second kappa shape index (κ2) is 6.57. The highest BCUT2D eigenvalue weighted by Gasteiger charge is 2.55. The fraction of sp³-hybridized carbons (Fsp3) is 0.333. The molecule has 1 heterocycles. The number of hydrogen-bond donors (Lipinski definition) is 1. The fourth-order valence-corrected chi connectivity index (χ4v) is 5.66. The second-order valence-corrected chi connectivity index (χ2v) is 8.64. The van der Waals surface area contributed by atoms with Gasteiger partial charge in [-0.3, -0.25) is 24.1 Å². The van der Waals surface area contributed by atoms with E-state index in [9.17, 15) is 28.7 Å². The van der Waals surface area contributed by atoms with Gasteiger partial charge >= 0.3 is 0 Å². The monoisotopic (exact) mass is 421 g/mol. The molecule has 1 aliphatic heterocycles. The predicted octanol–water partition coefficient (Wildman–Crippen LogP) is 2.59. The summed E-state index contributed by atoms with van der Waals surface area (Å²) in [5, 5.41) is 10.5. The van der Waals surface area contributed by atoms with Crippen LogP contribution in [0.5, 0.6) is 5.75 Å². The van der Waals surface area contributed by atoms with Crippen molar-refractivity contribution >= 4 is 23.4 Å². The molecule has 31 heavy (non-hydrogen) atoms. The smallest absolute Gasteiger partial charge is 0.233 e. The molecule has 0 saturated carbocycles. The Labute approximate surface area is 177 Å². The number of benzene rings is 1. The molecule has 158 valence electrons. The van der Waals surface area contributed by atoms with Crippen molar-refractivity contribution in [2.24, 2.45) is 17.8 Å². The van der Waals surface area contributed by atoms with E-state index < -0.39 is 35.2 Å². The van der Waals surface area contributed by atoms with Crippen LogP contribution in [0.3, 0.4) is 0 Å². The Hall–Kier alpha value is -3.35. The molecule has 0 spiro atoms. The summed E-state index contributed by atoms with van der Waals surface area (Å²) in [6, 6.07) is 4.08. The predicted molar refractivity (Wildman–Crippen MR) is 107 cm³/mol. The summed E-state index contributed by atoms with van der Waals surface area (Å²) < 4.78 is 14.2. The number of amides is 2. The minimum Gasteiger partial charge on any atom is -0.505 e. The van der Waals surface area contributed by atoms with Crippen molar-refractivity contribution in [3.8, 4) is 5.75 Å². The standard InChI is InChI=1S/C24H20FNO5/c1-10-8-17(27)20-15(21(10)28)9-14-11(18(20)12-4-3-5-16(25)22(12)29)6-7-13-19(14)24(31)26(2)23(13)30/h3-6,8,13-14,18-19,29H,7,9H2,1-2H3. The average Bonchev–Trinajstić information content (AvgIpc) is 2.97. The van der Waals surface area contributed by atoms with Gasteiger partial charge in [-0.25, -0.2) is 4.39 Å². The molecular formula is C24H20FNO5. The Morgan fingerprint density at radius 2 is 1.84 bits per heavy atom. The third-order valence-electron chi connectivity index (χ3n) is 7.11. The number of imide groups is 1. The van der Waals surface area contributed by atoms with Crippen molar-refractivity contribution in [1.82, 2.24) is 4.90 Å². The van der Waals surface area contributed by atoms with E-state index in [2.05, 4.69) is 0 Å². The van der Waals surface area contributed by atoms with E-state index in [0.29, 0.717) is 17.6 Å². The minimum absolute atomic E-state index is 0.164. The highest BCUT2D eigenvalue weighted by atomic mass is 19.1. The molecule has 1 saturated heterocycles. The first kappa shape index (κ1) is 19.6. The molecule has 4 unspecified atom stereocenters. The van der Waals surface area contributed by atoms with Gasteiger partial charge in [0.2, 0.25) is 11.8 Å². The van der Waals surface area contributed by atoms with Crippen LogP contribution in [0.1, 0.15) is 31.2 Å². The van der Waals surface area contributed by atoms with E-state index in [4.69, 9.17) is 0 Å². The Morgan fingerprint density at radius 1 is 1.10 bits per heavy atom. The summed E-state index contributed by atoms with van der Waals surface area (Å²) in [5.41, 5.74) is 1.68. The third-order valence-corrected chi connectivity index (χ3v) is 7.11. The number of phenols is 1. The summed E-state index contributed by atoms with van der Waals surface area (Å²) in [5.74, 6) is -5.09. The maximum Gasteiger partial charge on any atom is 0.233 e. The van der Waals surface area contributed by atoms with Crippen molar-refractivity contribution in [1.29, 1.82) is 0 Å². The van der Waals surface area contributed by atoms with Crippen molar-refractivity contribution in [2.45, 2.75) is 25.7 Å². The number of carbonyl (C=O) groups is 4. The lowest BCUT2D eigenvalue weighted by Crippen LogP contribution is -2.39. The number of aromatic hydroxyl groups is 1. The second-order valence-electron chi connectivity index (χ2n) is 8.64. The molecule has 0 bridgehead atoms. The SMILES string of the molecule is CC1=CC(=O)C2=C(CC3C(=CCC4C(=O)N(C)C(=O)C43)C2c2cccc(F)c2O)C1=O. The first-order chi connectivity index (χ1) is 14.7. The lowest BCUT2D eigenvalue weighted by Gasteiger charge is -2.42. The quantitative estimate of drug-likeness (QED) is 0.428. The summed E-state index contributed by atoms with van der Waals surface area (Å²) >= 11 is 0. The van der Waals surface area contributed by atoms with Crippen LogP contribution in [0, 0.1) is 23.6 Å². The van der Waals surface area contributed by atoms with Gasteiger partial charge in [-0.1, -0.05) is 23.8 Å². The Bertz CT molecular complexity index is 1190. The van der Waals surface area contributed by atoms with Gasteiger partial charge in [-0.2, -0.15) is 0 Å². The average molecular weight is 421 g/mol. The van der Waals surface area contributed by atoms with Gasteiger partial charge in [0.15, 0.2) is 23.1 Å². The van der Waals surface area contributed by atoms with E-state index >= 15 is 0 Å². The van der Waals surface area contributed by atoms with Crippen molar-refractivity contribution in [2.75, 3.05) is 7.05 Å². The summed E-state index contributed by atoms with van der Waals surface area (Å²) in [7, 11) is 1.45. The molecule has 2 amide bonds. The highest BCUT2D eigenvalue weighted by Crippen LogP contribution is 2.55. The number of halogens is 1. The molecule has 4 aliphatic rings. The van der Waals surface area contributed by atoms with Crippen LogP contribution >= 0.6 is 0 Å². The Morgan fingerprint density at radius 3 is 2.58 bits per heavy atom. The largest absolute Gasteiger partial charge is 0.505 e. The molecule has 4 atom stereocenters. The first-order valence-corrected chi connectivity index (χ1v) is 10.2. The highest BCUT2D eigenvalue weighted by molar-refractivity contribution is 6.23. The molecule has 1 N–H and O–H groups in total. The van der Waals surface area contributed by atoms with Crippen molar-refractivity contribution in [3.05, 3.63) is 64.0 Å². The van der Waals surface area contributed by atoms with Gasteiger partial charge < -0.3 is 5.11 Å². The van der Waals surface area contributed by atoms with E-state index in [1.54, 1.807) is 6.92 Å². The van der Waals surface area contributed by atoms with Gasteiger partial charge in [0.1, 0.15) is 0 Å². The van der Waals surface area contributed by atoms with Gasteiger partial charge in [0.25, 0.3) is 0 Å². The van der Waals surface area contributed by atoms with Crippen LogP contribution < -0.4 is 0 Å². The Kier molecular flexibility index (Phi) is 4.16. The van der Waals surface area contributed by atoms with Gasteiger partial charge in [-0.15, -0.1) is 0 Å². The lowest BCUT2D eigenvalue weighted by atomic mass is 9.59. The number of Topliss-reactive ketones (excluding diaryl/α,β-unsaturated/α-hetero) is 1. The normalized spacial score (nSPS) is 30.1. The maximum absolute atomic E-state index is 14.2. The van der Waals surface area contributed by atoms with Crippen LogP contribution in [-0.2, 0) is 19.2 Å². The summed E-state index contributed by atoms with van der Waals surface area (Å²) in [6.45, 7) is 1.56. The molecular weight excluding hydrogens is 401 g/mol. The molecule has 1 fully saturated rings. The van der Waals surface area contributed by atoms with E-state index in [0.717, 1.165) is 11.0 Å². The number of hydrogen-bond acceptors (Lipinski definition) is 5. The lowest BCUT2D eigenvalue weighted by molar-refractivity contribution is -0.138. The summed E-state index contributed by atoms with van der Waals surface area (Å²) in [4.78, 5) is 52.7. The van der Waals surface area contributed by atoms with Crippen LogP contribution in [-0.4, -0.2) is 40.4 Å². The number of para-hydroxylation sites is 1. The zero-order chi connectivity index (χ0) is 22.2. The van der Waals surface area contributed by atoms with Crippen molar-refractivity contribution < 1.29 is 28.7 Å². The molecule has 1 aromatic carbocycles. The minimum atomic E-state index is -0.847. The van der Waals surface area contributed by atoms with Crippen LogP contribution in [0.25, 0.3) is 0 Å². The number of likely N-dealkylation sites (tertiary alicyclic amines) is 1. The number of ketones is 2. The molecule has 7 heteroatoms. The fourth-order valence-electron chi connectivity index (χ4n) is 5.66.